The summed E-state index contributed by atoms with van der Waals surface area (Å²) in [6.07, 6.45) is 0.810. The summed E-state index contributed by atoms with van der Waals surface area (Å²) in [6.45, 7) is 3.12. The number of hydrogen-bond acceptors (Lipinski definition) is 4. The van der Waals surface area contributed by atoms with E-state index in [4.69, 9.17) is 5.73 Å². The van der Waals surface area contributed by atoms with Crippen molar-refractivity contribution in [3.63, 3.8) is 0 Å². The summed E-state index contributed by atoms with van der Waals surface area (Å²) in [7, 11) is -4.60. The van der Waals surface area contributed by atoms with Gasteiger partial charge in [-0.05, 0) is 24.5 Å². The first-order valence-electron chi connectivity index (χ1n) is 6.45. The summed E-state index contributed by atoms with van der Waals surface area (Å²) < 4.78 is 49.0. The Hall–Kier alpha value is -1.21. The molecule has 7 heteroatoms. The standard InChI is InChI=1S/C13H18F2N2O2S/c1-9-6-7-17(8-10(9)16)11-4-2-3-5-12(11)20(18,19)13(14)15/h2-5,9-10,13H,6-8,16H2,1H3. The Morgan fingerprint density at radius 2 is 2.00 bits per heavy atom. The fourth-order valence-corrected chi connectivity index (χ4v) is 3.32. The van der Waals surface area contributed by atoms with Crippen LogP contribution in [0.25, 0.3) is 0 Å². The number of para-hydroxylation sites is 1. The summed E-state index contributed by atoms with van der Waals surface area (Å²) in [5, 5.41) is 0. The Kier molecular flexibility index (Phi) is 4.29. The minimum Gasteiger partial charge on any atom is -0.369 e. The molecule has 0 aliphatic carbocycles. The quantitative estimate of drug-likeness (QED) is 0.926. The highest BCUT2D eigenvalue weighted by Gasteiger charge is 2.32. The molecule has 1 aromatic carbocycles. The van der Waals surface area contributed by atoms with Crippen LogP contribution in [0, 0.1) is 5.92 Å². The fraction of sp³-hybridized carbons (Fsp3) is 0.538. The molecule has 112 valence electrons. The maximum atomic E-state index is 12.8. The van der Waals surface area contributed by atoms with Crippen molar-refractivity contribution in [2.45, 2.75) is 30.0 Å². The molecular formula is C13H18F2N2O2S. The van der Waals surface area contributed by atoms with Gasteiger partial charge >= 0.3 is 5.76 Å². The van der Waals surface area contributed by atoms with Crippen LogP contribution in [0.15, 0.2) is 29.2 Å². The number of nitrogens with two attached hydrogens (primary N) is 1. The molecule has 4 nitrogen and oxygen atoms in total. The molecule has 0 radical (unpaired) electrons. The van der Waals surface area contributed by atoms with Crippen molar-refractivity contribution in [3.05, 3.63) is 24.3 Å². The Bertz CT molecular complexity index is 577. The topological polar surface area (TPSA) is 63.4 Å². The summed E-state index contributed by atoms with van der Waals surface area (Å²) in [4.78, 5) is 1.46. The molecule has 2 rings (SSSR count). The molecule has 1 heterocycles. The van der Waals surface area contributed by atoms with E-state index in [9.17, 15) is 17.2 Å². The van der Waals surface area contributed by atoms with E-state index in [0.29, 0.717) is 24.7 Å². The lowest BCUT2D eigenvalue weighted by atomic mass is 9.94. The van der Waals surface area contributed by atoms with Crippen molar-refractivity contribution < 1.29 is 17.2 Å². The van der Waals surface area contributed by atoms with E-state index in [2.05, 4.69) is 0 Å². The summed E-state index contributed by atoms with van der Waals surface area (Å²) in [6, 6.07) is 5.78. The average Bonchev–Trinajstić information content (AvgIpc) is 2.41. The molecule has 2 N–H and O–H groups in total. The minimum absolute atomic E-state index is 0.0916. The third-order valence-electron chi connectivity index (χ3n) is 3.76. The van der Waals surface area contributed by atoms with Gasteiger partial charge in [0.1, 0.15) is 0 Å². The molecule has 2 unspecified atom stereocenters. The predicted octanol–water partition coefficient (Wildman–Crippen LogP) is 1.86. The van der Waals surface area contributed by atoms with Crippen LogP contribution in [-0.4, -0.2) is 33.3 Å². The van der Waals surface area contributed by atoms with Crippen LogP contribution in [0.3, 0.4) is 0 Å². The number of anilines is 1. The fourth-order valence-electron chi connectivity index (χ4n) is 2.37. The predicted molar refractivity (Wildman–Crippen MR) is 73.6 cm³/mol. The number of halogens is 2. The van der Waals surface area contributed by atoms with E-state index < -0.39 is 15.6 Å². The Morgan fingerprint density at radius 3 is 2.60 bits per heavy atom. The molecule has 0 aromatic heterocycles. The van der Waals surface area contributed by atoms with Gasteiger partial charge in [-0.25, -0.2) is 8.42 Å². The van der Waals surface area contributed by atoms with Gasteiger partial charge in [-0.2, -0.15) is 8.78 Å². The third-order valence-corrected chi connectivity index (χ3v) is 5.19. The van der Waals surface area contributed by atoms with E-state index in [-0.39, 0.29) is 10.9 Å². The van der Waals surface area contributed by atoms with E-state index in [1.165, 1.54) is 12.1 Å². The zero-order chi connectivity index (χ0) is 14.9. The molecule has 1 aliphatic rings. The first kappa shape index (κ1) is 15.2. The van der Waals surface area contributed by atoms with Gasteiger partial charge in [-0.3, -0.25) is 0 Å². The highest BCUT2D eigenvalue weighted by atomic mass is 32.2. The van der Waals surface area contributed by atoms with Gasteiger partial charge in [0.15, 0.2) is 0 Å². The maximum absolute atomic E-state index is 12.8. The number of rotatable bonds is 3. The molecule has 20 heavy (non-hydrogen) atoms. The highest BCUT2D eigenvalue weighted by molar-refractivity contribution is 7.91. The third kappa shape index (κ3) is 2.78. The normalized spacial score (nSPS) is 24.1. The lowest BCUT2D eigenvalue weighted by Gasteiger charge is -2.37. The summed E-state index contributed by atoms with van der Waals surface area (Å²) in [5.74, 6) is -3.08. The first-order chi connectivity index (χ1) is 9.34. The average molecular weight is 304 g/mol. The van der Waals surface area contributed by atoms with E-state index in [0.717, 1.165) is 6.42 Å². The van der Waals surface area contributed by atoms with Crippen LogP contribution in [0.1, 0.15) is 13.3 Å². The van der Waals surface area contributed by atoms with E-state index in [1.54, 1.807) is 17.0 Å². The summed E-state index contributed by atoms with van der Waals surface area (Å²) >= 11 is 0. The van der Waals surface area contributed by atoms with Crippen LogP contribution < -0.4 is 10.6 Å². The molecule has 1 fully saturated rings. The van der Waals surface area contributed by atoms with Gasteiger partial charge in [0.05, 0.1) is 10.6 Å². The monoisotopic (exact) mass is 304 g/mol. The van der Waals surface area contributed by atoms with Crippen LogP contribution in [0.4, 0.5) is 14.5 Å². The zero-order valence-corrected chi connectivity index (χ0v) is 12.0. The number of alkyl halides is 2. The number of hydrogen-bond donors (Lipinski definition) is 1. The van der Waals surface area contributed by atoms with Crippen molar-refractivity contribution in [1.82, 2.24) is 0 Å². The van der Waals surface area contributed by atoms with Crippen molar-refractivity contribution in [1.29, 1.82) is 0 Å². The van der Waals surface area contributed by atoms with Crippen LogP contribution in [-0.2, 0) is 9.84 Å². The second kappa shape index (κ2) is 5.65. The lowest BCUT2D eigenvalue weighted by Crippen LogP contribution is -2.48. The van der Waals surface area contributed by atoms with Gasteiger partial charge in [0, 0.05) is 19.1 Å². The van der Waals surface area contributed by atoms with Crippen molar-refractivity contribution in [2.24, 2.45) is 11.7 Å². The van der Waals surface area contributed by atoms with Crippen LogP contribution in [0.2, 0.25) is 0 Å². The number of sulfone groups is 1. The molecule has 0 amide bonds. The highest BCUT2D eigenvalue weighted by Crippen LogP contribution is 2.31. The van der Waals surface area contributed by atoms with Gasteiger partial charge in [-0.1, -0.05) is 19.1 Å². The van der Waals surface area contributed by atoms with Gasteiger partial charge in [0.25, 0.3) is 0 Å². The molecule has 0 saturated carbocycles. The largest absolute Gasteiger partial charge is 0.369 e. The molecule has 1 aromatic rings. The second-order valence-corrected chi connectivity index (χ2v) is 7.04. The van der Waals surface area contributed by atoms with E-state index in [1.807, 2.05) is 6.92 Å². The van der Waals surface area contributed by atoms with Gasteiger partial charge in [0.2, 0.25) is 9.84 Å². The number of piperidine rings is 1. The second-order valence-electron chi connectivity index (χ2n) is 5.15. The molecular weight excluding hydrogens is 286 g/mol. The van der Waals surface area contributed by atoms with Crippen LogP contribution >= 0.6 is 0 Å². The van der Waals surface area contributed by atoms with Gasteiger partial charge in [-0.15, -0.1) is 0 Å². The number of benzene rings is 1. The smallest absolute Gasteiger partial charge is 0.341 e. The molecule has 2 atom stereocenters. The molecule has 0 spiro atoms. The molecule has 0 bridgehead atoms. The lowest BCUT2D eigenvalue weighted by molar-refractivity contribution is 0.234. The van der Waals surface area contributed by atoms with E-state index >= 15 is 0 Å². The Morgan fingerprint density at radius 1 is 1.35 bits per heavy atom. The SMILES string of the molecule is CC1CCN(c2ccccc2S(=O)(=O)C(F)F)CC1N. The minimum atomic E-state index is -4.60. The van der Waals surface area contributed by atoms with Crippen molar-refractivity contribution in [3.8, 4) is 0 Å². The number of nitrogens with zero attached hydrogens (tertiary/aromatic N) is 1. The zero-order valence-electron chi connectivity index (χ0n) is 11.2. The Balaban J connectivity index is 2.39. The summed E-state index contributed by atoms with van der Waals surface area (Å²) in [5.41, 5.74) is 6.30. The molecule has 1 aliphatic heterocycles. The van der Waals surface area contributed by atoms with Crippen LogP contribution in [0.5, 0.6) is 0 Å². The first-order valence-corrected chi connectivity index (χ1v) is 8.00. The maximum Gasteiger partial charge on any atom is 0.341 e. The van der Waals surface area contributed by atoms with Gasteiger partial charge < -0.3 is 10.6 Å². The molecule has 1 saturated heterocycles. The van der Waals surface area contributed by atoms with Crippen molar-refractivity contribution in [2.75, 3.05) is 18.0 Å². The van der Waals surface area contributed by atoms with Crippen molar-refractivity contribution >= 4 is 15.5 Å². The Labute approximate surface area is 117 Å².